The summed E-state index contributed by atoms with van der Waals surface area (Å²) >= 11 is 0. The number of aromatic nitrogens is 1. The molecule has 1 N–H and O–H groups in total. The molecule has 1 aliphatic carbocycles. The lowest BCUT2D eigenvalue weighted by molar-refractivity contribution is -0.385. The van der Waals surface area contributed by atoms with Crippen LogP contribution in [0.25, 0.3) is 5.69 Å². The SMILES string of the molecule is COC(=O)c1ccc(OCC(=O)Nc2c(C#N)c3c(n2-c2ccccc2)CCCC3)c([N+](=O)[O-])c1. The predicted molar refractivity (Wildman–Crippen MR) is 126 cm³/mol. The number of nitrogens with zero attached hydrogens (tertiary/aromatic N) is 3. The van der Waals surface area contributed by atoms with E-state index in [1.54, 1.807) is 0 Å². The van der Waals surface area contributed by atoms with Crippen LogP contribution in [0.1, 0.15) is 40.0 Å². The summed E-state index contributed by atoms with van der Waals surface area (Å²) in [6, 6.07) is 15.2. The number of nitro benzene ring substituents is 1. The monoisotopic (exact) mass is 474 g/mol. The van der Waals surface area contributed by atoms with Crippen molar-refractivity contribution in [3.05, 3.63) is 81.0 Å². The molecule has 1 aliphatic rings. The van der Waals surface area contributed by atoms with Crippen LogP contribution in [0.3, 0.4) is 0 Å². The van der Waals surface area contributed by atoms with Crippen LogP contribution in [0.4, 0.5) is 11.5 Å². The predicted octanol–water partition coefficient (Wildman–Crippen LogP) is 3.94. The highest BCUT2D eigenvalue weighted by molar-refractivity contribution is 5.94. The van der Waals surface area contributed by atoms with Gasteiger partial charge in [-0.05, 0) is 55.5 Å². The summed E-state index contributed by atoms with van der Waals surface area (Å²) < 4.78 is 11.9. The van der Waals surface area contributed by atoms with Crippen molar-refractivity contribution < 1.29 is 24.0 Å². The standard InChI is InChI=1S/C25H22N4O6/c1-34-25(31)16-11-12-22(21(13-16)29(32)33)35-15-23(30)27-24-19(14-26)18-9-5-6-10-20(18)28(24)17-7-3-2-4-8-17/h2-4,7-8,11-13H,5-6,9-10,15H2,1H3,(H,27,30). The van der Waals surface area contributed by atoms with Gasteiger partial charge in [0.2, 0.25) is 0 Å². The third-order valence-electron chi connectivity index (χ3n) is 5.79. The van der Waals surface area contributed by atoms with Gasteiger partial charge in [-0.1, -0.05) is 18.2 Å². The molecular weight excluding hydrogens is 452 g/mol. The summed E-state index contributed by atoms with van der Waals surface area (Å²) in [5.74, 6) is -1.13. The van der Waals surface area contributed by atoms with Crippen molar-refractivity contribution in [2.45, 2.75) is 25.7 Å². The first-order valence-electron chi connectivity index (χ1n) is 11.0. The van der Waals surface area contributed by atoms with Crippen molar-refractivity contribution in [2.75, 3.05) is 19.0 Å². The van der Waals surface area contributed by atoms with E-state index >= 15 is 0 Å². The second-order valence-corrected chi connectivity index (χ2v) is 7.91. The molecule has 0 saturated carbocycles. The zero-order chi connectivity index (χ0) is 24.9. The van der Waals surface area contributed by atoms with Crippen molar-refractivity contribution in [3.63, 3.8) is 0 Å². The molecule has 0 spiro atoms. The Balaban J connectivity index is 1.61. The Morgan fingerprint density at radius 1 is 1.17 bits per heavy atom. The zero-order valence-corrected chi connectivity index (χ0v) is 18.9. The largest absolute Gasteiger partial charge is 0.477 e. The lowest BCUT2D eigenvalue weighted by Crippen LogP contribution is -2.23. The number of esters is 1. The average molecular weight is 474 g/mol. The zero-order valence-electron chi connectivity index (χ0n) is 18.9. The first-order chi connectivity index (χ1) is 16.9. The third-order valence-corrected chi connectivity index (χ3v) is 5.79. The molecule has 2 aromatic carbocycles. The van der Waals surface area contributed by atoms with Crippen LogP contribution in [-0.2, 0) is 22.4 Å². The molecule has 0 radical (unpaired) electrons. The maximum absolute atomic E-state index is 12.9. The van der Waals surface area contributed by atoms with Crippen LogP contribution < -0.4 is 10.1 Å². The Hall–Kier alpha value is -4.65. The molecule has 3 aromatic rings. The number of amides is 1. The van der Waals surface area contributed by atoms with Crippen molar-refractivity contribution in [1.29, 1.82) is 5.26 Å². The van der Waals surface area contributed by atoms with Crippen LogP contribution >= 0.6 is 0 Å². The minimum Gasteiger partial charge on any atom is -0.477 e. The summed E-state index contributed by atoms with van der Waals surface area (Å²) in [7, 11) is 1.17. The molecule has 1 aromatic heterocycles. The number of hydrogen-bond donors (Lipinski definition) is 1. The van der Waals surface area contributed by atoms with Gasteiger partial charge in [-0.3, -0.25) is 19.5 Å². The summed E-state index contributed by atoms with van der Waals surface area (Å²) in [5, 5.41) is 24.1. The molecule has 1 heterocycles. The number of ether oxygens (including phenoxy) is 2. The van der Waals surface area contributed by atoms with E-state index < -0.39 is 29.1 Å². The van der Waals surface area contributed by atoms with Gasteiger partial charge in [-0.2, -0.15) is 5.26 Å². The van der Waals surface area contributed by atoms with Crippen molar-refractivity contribution in [2.24, 2.45) is 0 Å². The molecule has 0 saturated heterocycles. The Morgan fingerprint density at radius 3 is 2.60 bits per heavy atom. The van der Waals surface area contributed by atoms with Gasteiger partial charge >= 0.3 is 11.7 Å². The van der Waals surface area contributed by atoms with Gasteiger partial charge in [-0.25, -0.2) is 4.79 Å². The summed E-state index contributed by atoms with van der Waals surface area (Å²) in [6.45, 7) is -0.534. The van der Waals surface area contributed by atoms with Gasteiger partial charge in [0.25, 0.3) is 5.91 Å². The normalized spacial score (nSPS) is 12.2. The number of benzene rings is 2. The van der Waals surface area contributed by atoms with Gasteiger partial charge in [0.1, 0.15) is 11.9 Å². The van der Waals surface area contributed by atoms with E-state index in [1.807, 2.05) is 34.9 Å². The van der Waals surface area contributed by atoms with Crippen LogP contribution in [0.15, 0.2) is 48.5 Å². The molecule has 0 fully saturated rings. The molecule has 1 amide bonds. The van der Waals surface area contributed by atoms with E-state index in [2.05, 4.69) is 16.1 Å². The first kappa shape index (κ1) is 23.5. The van der Waals surface area contributed by atoms with Crippen LogP contribution in [-0.4, -0.2) is 35.1 Å². The van der Waals surface area contributed by atoms with Gasteiger partial charge in [-0.15, -0.1) is 0 Å². The molecule has 10 nitrogen and oxygen atoms in total. The fourth-order valence-corrected chi connectivity index (χ4v) is 4.23. The second kappa shape index (κ2) is 10.1. The van der Waals surface area contributed by atoms with Crippen molar-refractivity contribution >= 4 is 23.4 Å². The molecule has 35 heavy (non-hydrogen) atoms. The lowest BCUT2D eigenvalue weighted by atomic mass is 9.95. The Morgan fingerprint density at radius 2 is 1.91 bits per heavy atom. The van der Waals surface area contributed by atoms with Crippen molar-refractivity contribution in [3.8, 4) is 17.5 Å². The number of hydrogen-bond acceptors (Lipinski definition) is 7. The number of rotatable bonds is 7. The highest BCUT2D eigenvalue weighted by Crippen LogP contribution is 2.35. The first-order valence-corrected chi connectivity index (χ1v) is 11.0. The van der Waals surface area contributed by atoms with Crippen LogP contribution in [0.5, 0.6) is 5.75 Å². The smallest absolute Gasteiger partial charge is 0.338 e. The van der Waals surface area contributed by atoms with Gasteiger partial charge < -0.3 is 14.8 Å². The molecule has 0 bridgehead atoms. The maximum Gasteiger partial charge on any atom is 0.338 e. The van der Waals surface area contributed by atoms with E-state index in [0.717, 1.165) is 48.7 Å². The number of methoxy groups -OCH3 is 1. The lowest BCUT2D eigenvalue weighted by Gasteiger charge is -2.17. The molecule has 0 atom stereocenters. The van der Waals surface area contributed by atoms with Crippen LogP contribution in [0, 0.1) is 21.4 Å². The third kappa shape index (κ3) is 4.70. The fourth-order valence-electron chi connectivity index (χ4n) is 4.23. The highest BCUT2D eigenvalue weighted by atomic mass is 16.6. The topological polar surface area (TPSA) is 136 Å². The van der Waals surface area contributed by atoms with E-state index in [4.69, 9.17) is 4.74 Å². The molecule has 10 heteroatoms. The van der Waals surface area contributed by atoms with Gasteiger partial charge in [0.15, 0.2) is 12.4 Å². The van der Waals surface area contributed by atoms with E-state index in [9.17, 15) is 25.0 Å². The Labute approximate surface area is 200 Å². The number of carbonyl (C=O) groups excluding carboxylic acids is 2. The summed E-state index contributed by atoms with van der Waals surface area (Å²) in [6.07, 6.45) is 3.47. The number of nitro groups is 1. The molecule has 0 aliphatic heterocycles. The molecular formula is C25H22N4O6. The number of carbonyl (C=O) groups is 2. The van der Waals surface area contributed by atoms with Gasteiger partial charge in [0.05, 0.1) is 23.2 Å². The molecule has 178 valence electrons. The average Bonchev–Trinajstić information content (AvgIpc) is 3.19. The fraction of sp³-hybridized carbons (Fsp3) is 0.240. The van der Waals surface area contributed by atoms with E-state index in [-0.39, 0.29) is 11.3 Å². The summed E-state index contributed by atoms with van der Waals surface area (Å²) in [4.78, 5) is 35.3. The van der Waals surface area contributed by atoms with E-state index in [0.29, 0.717) is 11.4 Å². The minimum atomic E-state index is -0.730. The quantitative estimate of drug-likeness (QED) is 0.311. The van der Waals surface area contributed by atoms with Gasteiger partial charge in [0, 0.05) is 17.4 Å². The van der Waals surface area contributed by atoms with Crippen LogP contribution in [0.2, 0.25) is 0 Å². The number of para-hydroxylation sites is 1. The number of nitrogens with one attached hydrogen (secondary N) is 1. The Bertz CT molecular complexity index is 1340. The Kier molecular flexibility index (Phi) is 6.78. The number of fused-ring (bicyclic) bond motifs is 1. The number of anilines is 1. The highest BCUT2D eigenvalue weighted by Gasteiger charge is 2.27. The second-order valence-electron chi connectivity index (χ2n) is 7.91. The summed E-state index contributed by atoms with van der Waals surface area (Å²) in [5.41, 5.74) is 2.65. The maximum atomic E-state index is 12.9. The number of nitriles is 1. The molecule has 0 unspecified atom stereocenters. The molecule has 4 rings (SSSR count). The minimum absolute atomic E-state index is 0.0130. The van der Waals surface area contributed by atoms with E-state index in [1.165, 1.54) is 19.2 Å². The van der Waals surface area contributed by atoms with Crippen molar-refractivity contribution in [1.82, 2.24) is 4.57 Å².